The van der Waals surface area contributed by atoms with E-state index in [4.69, 9.17) is 0 Å². The molecule has 1 aromatic heterocycles. The summed E-state index contributed by atoms with van der Waals surface area (Å²) < 4.78 is 2.75. The Morgan fingerprint density at radius 3 is 1.90 bits per heavy atom. The Balaban J connectivity index is 1.51. The minimum absolute atomic E-state index is 0.00186. The lowest BCUT2D eigenvalue weighted by Gasteiger charge is -2.48. The molecule has 3 heterocycles. The Kier molecular flexibility index (Phi) is 6.62. The molecule has 0 radical (unpaired) electrons. The summed E-state index contributed by atoms with van der Waals surface area (Å²) in [7, 11) is 0. The molecule has 242 valence electrons. The van der Waals surface area contributed by atoms with Crippen molar-refractivity contribution in [1.29, 1.82) is 0 Å². The number of thiophene rings is 1. The average molecular weight is 646 g/mol. The second kappa shape index (κ2) is 10.1. The molecule has 0 saturated carbocycles. The molecule has 0 fully saturated rings. The summed E-state index contributed by atoms with van der Waals surface area (Å²) >= 11 is 1.94. The van der Waals surface area contributed by atoms with Crippen LogP contribution in [0.1, 0.15) is 104 Å². The molecule has 0 spiro atoms. The van der Waals surface area contributed by atoms with Gasteiger partial charge in [-0.2, -0.15) is 0 Å². The first kappa shape index (κ1) is 31.5. The van der Waals surface area contributed by atoms with E-state index in [2.05, 4.69) is 172 Å². The van der Waals surface area contributed by atoms with Crippen molar-refractivity contribution in [2.45, 2.75) is 97.8 Å². The number of hydrogen-bond donors (Lipinski definition) is 0. The van der Waals surface area contributed by atoms with Crippen LogP contribution in [0.25, 0.3) is 20.2 Å². The summed E-state index contributed by atoms with van der Waals surface area (Å²) in [4.78, 5) is 2.57. The molecule has 0 atom stereocenters. The van der Waals surface area contributed by atoms with Crippen LogP contribution in [-0.2, 0) is 21.7 Å². The highest BCUT2D eigenvalue weighted by Crippen LogP contribution is 2.48. The summed E-state index contributed by atoms with van der Waals surface area (Å²) in [6.07, 6.45) is 0. The maximum absolute atomic E-state index is 2.58. The molecule has 5 aromatic carbocycles. The smallest absolute Gasteiger partial charge is 0.247 e. The molecule has 6 aromatic rings. The van der Waals surface area contributed by atoms with Crippen molar-refractivity contribution in [2.24, 2.45) is 0 Å². The molecule has 8 rings (SSSR count). The quantitative estimate of drug-likeness (QED) is 0.161. The molecule has 2 aliphatic rings. The highest BCUT2D eigenvalue weighted by atomic mass is 32.1. The zero-order valence-corrected chi connectivity index (χ0v) is 31.4. The zero-order chi connectivity index (χ0) is 34.1. The van der Waals surface area contributed by atoms with E-state index in [0.717, 1.165) is 0 Å². The van der Waals surface area contributed by atoms with E-state index in [1.807, 2.05) is 11.3 Å². The van der Waals surface area contributed by atoms with Crippen LogP contribution in [-0.4, -0.2) is 6.71 Å². The van der Waals surface area contributed by atoms with Gasteiger partial charge in [-0.05, 0) is 96.8 Å². The second-order valence-electron chi connectivity index (χ2n) is 17.9. The van der Waals surface area contributed by atoms with Crippen molar-refractivity contribution in [3.63, 3.8) is 0 Å². The summed E-state index contributed by atoms with van der Waals surface area (Å²) in [5.74, 6) is 0. The zero-order valence-electron chi connectivity index (χ0n) is 30.6. The predicted octanol–water partition coefficient (Wildman–Crippen LogP) is 10.9. The van der Waals surface area contributed by atoms with Crippen LogP contribution in [0.15, 0.2) is 91.0 Å². The number of nitrogens with zero attached hydrogens (tertiary/aromatic N) is 1. The third kappa shape index (κ3) is 4.57. The minimum Gasteiger partial charge on any atom is -0.312 e. The van der Waals surface area contributed by atoms with Crippen molar-refractivity contribution < 1.29 is 0 Å². The Morgan fingerprint density at radius 2 is 1.23 bits per heavy atom. The predicted molar refractivity (Wildman–Crippen MR) is 213 cm³/mol. The van der Waals surface area contributed by atoms with Gasteiger partial charge < -0.3 is 4.90 Å². The van der Waals surface area contributed by atoms with Crippen LogP contribution < -0.4 is 21.3 Å². The molecular weight excluding hydrogens is 597 g/mol. The van der Waals surface area contributed by atoms with Gasteiger partial charge in [-0.15, -0.1) is 11.3 Å². The summed E-state index contributed by atoms with van der Waals surface area (Å²) in [5, 5.41) is 2.75. The Hall–Kier alpha value is -3.82. The maximum Gasteiger partial charge on any atom is 0.247 e. The first-order chi connectivity index (χ1) is 22.5. The number of rotatable bonds is 1. The fourth-order valence-electron chi connectivity index (χ4n) is 8.55. The van der Waals surface area contributed by atoms with Crippen molar-refractivity contribution >= 4 is 71.7 Å². The number of fused-ring (bicyclic) bond motifs is 7. The normalized spacial score (nSPS) is 15.5. The molecule has 0 saturated heterocycles. The number of benzene rings is 5. The molecule has 0 unspecified atom stereocenters. The second-order valence-corrected chi connectivity index (χ2v) is 19.0. The molecular formula is C45H48BNS. The van der Waals surface area contributed by atoms with Gasteiger partial charge in [0.1, 0.15) is 0 Å². The van der Waals surface area contributed by atoms with E-state index in [1.54, 1.807) is 0 Å². The van der Waals surface area contributed by atoms with Crippen LogP contribution in [0.3, 0.4) is 0 Å². The molecule has 0 amide bonds. The van der Waals surface area contributed by atoms with E-state index < -0.39 is 0 Å². The molecule has 2 aliphatic heterocycles. The van der Waals surface area contributed by atoms with Gasteiger partial charge in [0.25, 0.3) is 0 Å². The van der Waals surface area contributed by atoms with E-state index in [9.17, 15) is 0 Å². The lowest BCUT2D eigenvalue weighted by atomic mass is 9.29. The van der Waals surface area contributed by atoms with Gasteiger partial charge in [0.15, 0.2) is 0 Å². The first-order valence-corrected chi connectivity index (χ1v) is 18.5. The monoisotopic (exact) mass is 645 g/mol. The highest BCUT2D eigenvalue weighted by Gasteiger charge is 2.48. The summed E-state index contributed by atoms with van der Waals surface area (Å²) in [5.41, 5.74) is 15.3. The number of hydrogen-bond acceptors (Lipinski definition) is 2. The van der Waals surface area contributed by atoms with Crippen LogP contribution in [0.5, 0.6) is 0 Å². The molecule has 0 N–H and O–H groups in total. The largest absolute Gasteiger partial charge is 0.312 e. The van der Waals surface area contributed by atoms with Crippen molar-refractivity contribution in [1.82, 2.24) is 0 Å². The Bertz CT molecular complexity index is 2260. The highest BCUT2D eigenvalue weighted by molar-refractivity contribution is 7.25. The van der Waals surface area contributed by atoms with Crippen LogP contribution in [0.2, 0.25) is 0 Å². The van der Waals surface area contributed by atoms with Crippen LogP contribution in [0, 0.1) is 0 Å². The van der Waals surface area contributed by atoms with Gasteiger partial charge in [-0.25, -0.2) is 0 Å². The SMILES string of the molecule is CC(C)(C)c1ccc(N2c3ccc(C(C)(C)C)cc3B3c4cc5c(cc4C(C)(C)c4c(C(C)(C)C)ccc2c43)sc2ccccc25)cc1. The standard InChI is InChI=1S/C45H48BNS/c1-42(2,3)27-16-19-29(20-17-27)47-36-22-18-28(43(4,5)6)24-35(36)46-34-25-31-30-14-12-13-15-38(30)48-39(31)26-33(34)45(10,11)40-32(44(7,8)9)21-23-37(47)41(40)46/h12-26H,1-11H3. The van der Waals surface area contributed by atoms with Gasteiger partial charge in [0.05, 0.1) is 0 Å². The summed E-state index contributed by atoms with van der Waals surface area (Å²) in [6, 6.07) is 35.6. The van der Waals surface area contributed by atoms with E-state index in [1.165, 1.54) is 81.4 Å². The third-order valence-corrected chi connectivity index (χ3v) is 12.3. The number of anilines is 3. The minimum atomic E-state index is -0.176. The maximum atomic E-state index is 2.58. The molecule has 48 heavy (non-hydrogen) atoms. The first-order valence-electron chi connectivity index (χ1n) is 17.6. The molecule has 0 bridgehead atoms. The van der Waals surface area contributed by atoms with Gasteiger partial charge in [-0.3, -0.25) is 0 Å². The fraction of sp³-hybridized carbons (Fsp3) is 0.333. The van der Waals surface area contributed by atoms with Crippen molar-refractivity contribution in [3.8, 4) is 0 Å². The van der Waals surface area contributed by atoms with Gasteiger partial charge in [-0.1, -0.05) is 136 Å². The van der Waals surface area contributed by atoms with Gasteiger partial charge in [0, 0.05) is 37.3 Å². The van der Waals surface area contributed by atoms with Crippen molar-refractivity contribution in [3.05, 3.63) is 119 Å². The van der Waals surface area contributed by atoms with Gasteiger partial charge in [0.2, 0.25) is 6.71 Å². The average Bonchev–Trinajstić information content (AvgIpc) is 3.38. The molecule has 1 nitrogen and oxygen atoms in total. The third-order valence-electron chi connectivity index (χ3n) is 11.2. The Morgan fingerprint density at radius 1 is 0.583 bits per heavy atom. The lowest BCUT2D eigenvalue weighted by Crippen LogP contribution is -2.64. The topological polar surface area (TPSA) is 3.24 Å². The molecule has 3 heteroatoms. The fourth-order valence-corrected chi connectivity index (χ4v) is 9.68. The van der Waals surface area contributed by atoms with Gasteiger partial charge >= 0.3 is 0 Å². The van der Waals surface area contributed by atoms with E-state index >= 15 is 0 Å². The Labute approximate surface area is 292 Å². The van der Waals surface area contributed by atoms with Crippen LogP contribution >= 0.6 is 11.3 Å². The van der Waals surface area contributed by atoms with Crippen LogP contribution in [0.4, 0.5) is 17.1 Å². The lowest BCUT2D eigenvalue weighted by molar-refractivity contribution is 0.552. The summed E-state index contributed by atoms with van der Waals surface area (Å²) in [6.45, 7) is 26.2. The van der Waals surface area contributed by atoms with E-state index in [0.29, 0.717) is 0 Å². The van der Waals surface area contributed by atoms with E-state index in [-0.39, 0.29) is 28.4 Å². The molecule has 0 aliphatic carbocycles. The van der Waals surface area contributed by atoms with Crippen molar-refractivity contribution in [2.75, 3.05) is 4.90 Å².